The van der Waals surface area contributed by atoms with Gasteiger partial charge in [0.25, 0.3) is 5.69 Å². The van der Waals surface area contributed by atoms with E-state index in [1.165, 1.54) is 31.7 Å². The fraction of sp³-hybridized carbons (Fsp3) is 0.600. The molecule has 0 heterocycles. The number of rotatable bonds is 5. The van der Waals surface area contributed by atoms with Crippen LogP contribution in [0.15, 0.2) is 18.2 Å². The second-order valence-corrected chi connectivity index (χ2v) is 5.92. The van der Waals surface area contributed by atoms with Gasteiger partial charge in [-0.05, 0) is 37.2 Å². The highest BCUT2D eigenvalue weighted by molar-refractivity contribution is 5.43. The maximum absolute atomic E-state index is 10.9. The molecule has 2 aliphatic carbocycles. The van der Waals surface area contributed by atoms with E-state index in [0.29, 0.717) is 18.3 Å². The molecule has 1 aromatic rings. The number of methoxy groups -OCH3 is 1. The van der Waals surface area contributed by atoms with Crippen molar-refractivity contribution in [2.75, 3.05) is 7.11 Å². The molecule has 1 N–H and O–H groups in total. The van der Waals surface area contributed by atoms with Crippen LogP contribution < -0.4 is 10.1 Å². The molecule has 0 aliphatic heterocycles. The van der Waals surface area contributed by atoms with Gasteiger partial charge in [-0.1, -0.05) is 6.42 Å². The maximum atomic E-state index is 10.9. The first-order valence-corrected chi connectivity index (χ1v) is 7.22. The molecule has 3 unspecified atom stereocenters. The summed E-state index contributed by atoms with van der Waals surface area (Å²) in [6.45, 7) is 0.638. The van der Waals surface area contributed by atoms with E-state index < -0.39 is 0 Å². The molecule has 108 valence electrons. The highest BCUT2D eigenvalue weighted by Crippen LogP contribution is 2.44. The van der Waals surface area contributed by atoms with Gasteiger partial charge in [0.15, 0.2) is 0 Å². The first-order chi connectivity index (χ1) is 9.67. The molecule has 0 aromatic heterocycles. The maximum Gasteiger partial charge on any atom is 0.270 e. The van der Waals surface area contributed by atoms with Gasteiger partial charge in [0.2, 0.25) is 0 Å². The van der Waals surface area contributed by atoms with E-state index in [-0.39, 0.29) is 10.6 Å². The lowest BCUT2D eigenvalue weighted by Crippen LogP contribution is -2.33. The Kier molecular flexibility index (Phi) is 3.61. The third-order valence-corrected chi connectivity index (χ3v) is 4.77. The summed E-state index contributed by atoms with van der Waals surface area (Å²) in [7, 11) is 1.60. The molecule has 2 aliphatic rings. The first-order valence-electron chi connectivity index (χ1n) is 7.22. The lowest BCUT2D eigenvalue weighted by Gasteiger charge is -2.23. The van der Waals surface area contributed by atoms with Crippen LogP contribution in [0.3, 0.4) is 0 Å². The van der Waals surface area contributed by atoms with E-state index in [1.54, 1.807) is 19.2 Å². The molecule has 2 fully saturated rings. The van der Waals surface area contributed by atoms with Crippen LogP contribution in [-0.4, -0.2) is 18.1 Å². The van der Waals surface area contributed by atoms with Crippen molar-refractivity contribution in [3.8, 4) is 5.75 Å². The van der Waals surface area contributed by atoms with Crippen molar-refractivity contribution in [2.45, 2.75) is 38.3 Å². The van der Waals surface area contributed by atoms with Crippen LogP contribution in [0.5, 0.6) is 5.75 Å². The fourth-order valence-corrected chi connectivity index (χ4v) is 3.75. The number of fused-ring (bicyclic) bond motifs is 2. The van der Waals surface area contributed by atoms with E-state index in [4.69, 9.17) is 4.74 Å². The van der Waals surface area contributed by atoms with Crippen LogP contribution in [0, 0.1) is 22.0 Å². The van der Waals surface area contributed by atoms with Gasteiger partial charge in [0.05, 0.1) is 12.0 Å². The quantitative estimate of drug-likeness (QED) is 0.663. The minimum absolute atomic E-state index is 0.121. The molecule has 0 spiro atoms. The molecule has 2 bridgehead atoms. The Balaban J connectivity index is 1.69. The third-order valence-electron chi connectivity index (χ3n) is 4.77. The summed E-state index contributed by atoms with van der Waals surface area (Å²) in [5, 5.41) is 14.4. The summed E-state index contributed by atoms with van der Waals surface area (Å²) in [5.74, 6) is 2.40. The van der Waals surface area contributed by atoms with E-state index in [1.807, 2.05) is 0 Å². The molecule has 0 radical (unpaired) electrons. The molecule has 5 heteroatoms. The summed E-state index contributed by atoms with van der Waals surface area (Å²) in [5.41, 5.74) is 0.986. The van der Waals surface area contributed by atoms with Crippen LogP contribution >= 0.6 is 0 Å². The predicted octanol–water partition coefficient (Wildman–Crippen LogP) is 2.88. The van der Waals surface area contributed by atoms with Crippen molar-refractivity contribution in [3.05, 3.63) is 33.9 Å². The molecular weight excluding hydrogens is 256 g/mol. The van der Waals surface area contributed by atoms with E-state index in [0.717, 1.165) is 17.4 Å². The van der Waals surface area contributed by atoms with Gasteiger partial charge in [-0.3, -0.25) is 10.1 Å². The summed E-state index contributed by atoms with van der Waals surface area (Å²) in [6, 6.07) is 5.34. The number of hydrogen-bond acceptors (Lipinski definition) is 4. The number of benzene rings is 1. The predicted molar refractivity (Wildman–Crippen MR) is 75.7 cm³/mol. The average Bonchev–Trinajstić information content (AvgIpc) is 3.07. The minimum Gasteiger partial charge on any atom is -0.496 e. The van der Waals surface area contributed by atoms with Crippen molar-refractivity contribution in [3.63, 3.8) is 0 Å². The number of nitro benzene ring substituents is 1. The van der Waals surface area contributed by atoms with E-state index >= 15 is 0 Å². The minimum atomic E-state index is -0.361. The van der Waals surface area contributed by atoms with Crippen molar-refractivity contribution in [2.24, 2.45) is 11.8 Å². The van der Waals surface area contributed by atoms with Crippen molar-refractivity contribution >= 4 is 5.69 Å². The number of ether oxygens (including phenoxy) is 1. The van der Waals surface area contributed by atoms with Crippen molar-refractivity contribution < 1.29 is 9.66 Å². The number of non-ortho nitro benzene ring substituents is 1. The third kappa shape index (κ3) is 2.50. The van der Waals surface area contributed by atoms with Crippen LogP contribution in [0.1, 0.15) is 31.2 Å². The number of nitrogens with zero attached hydrogens (tertiary/aromatic N) is 1. The second kappa shape index (κ2) is 5.40. The summed E-state index contributed by atoms with van der Waals surface area (Å²) < 4.78 is 5.29. The Bertz CT molecular complexity index is 518. The summed E-state index contributed by atoms with van der Waals surface area (Å²) in [4.78, 5) is 10.5. The zero-order valence-corrected chi connectivity index (χ0v) is 11.7. The van der Waals surface area contributed by atoms with Gasteiger partial charge in [-0.15, -0.1) is 0 Å². The smallest absolute Gasteiger partial charge is 0.270 e. The summed E-state index contributed by atoms with van der Waals surface area (Å²) >= 11 is 0. The molecule has 5 nitrogen and oxygen atoms in total. The Morgan fingerprint density at radius 2 is 2.25 bits per heavy atom. The molecule has 2 saturated carbocycles. The van der Waals surface area contributed by atoms with Gasteiger partial charge in [0, 0.05) is 30.3 Å². The van der Waals surface area contributed by atoms with Crippen LogP contribution in [0.25, 0.3) is 0 Å². The zero-order valence-electron chi connectivity index (χ0n) is 11.7. The topological polar surface area (TPSA) is 64.4 Å². The monoisotopic (exact) mass is 276 g/mol. The highest BCUT2D eigenvalue weighted by atomic mass is 16.6. The average molecular weight is 276 g/mol. The molecule has 0 amide bonds. The standard InChI is InChI=1S/C15H20N2O3/c1-20-15-5-4-13(17(18)19)8-12(15)9-16-14-7-10-2-3-11(14)6-10/h4-5,8,10-11,14,16H,2-3,6-7,9H2,1H3. The lowest BCUT2D eigenvalue weighted by atomic mass is 9.95. The second-order valence-electron chi connectivity index (χ2n) is 5.92. The largest absolute Gasteiger partial charge is 0.496 e. The number of nitro groups is 1. The Labute approximate surface area is 118 Å². The van der Waals surface area contributed by atoms with Crippen molar-refractivity contribution in [1.82, 2.24) is 5.32 Å². The lowest BCUT2D eigenvalue weighted by molar-refractivity contribution is -0.384. The molecule has 20 heavy (non-hydrogen) atoms. The summed E-state index contributed by atoms with van der Waals surface area (Å²) in [6.07, 6.45) is 5.31. The van der Waals surface area contributed by atoms with Gasteiger partial charge in [-0.25, -0.2) is 0 Å². The van der Waals surface area contributed by atoms with E-state index in [9.17, 15) is 10.1 Å². The van der Waals surface area contributed by atoms with Crippen LogP contribution in [0.2, 0.25) is 0 Å². The Hall–Kier alpha value is -1.62. The SMILES string of the molecule is COc1ccc([N+](=O)[O-])cc1CNC1CC2CCC1C2. The molecule has 0 saturated heterocycles. The molecule has 3 rings (SSSR count). The fourth-order valence-electron chi connectivity index (χ4n) is 3.75. The molecular formula is C15H20N2O3. The Morgan fingerprint density at radius 1 is 1.40 bits per heavy atom. The van der Waals surface area contributed by atoms with Gasteiger partial charge in [0.1, 0.15) is 5.75 Å². The molecule has 3 atom stereocenters. The van der Waals surface area contributed by atoms with Crippen LogP contribution in [-0.2, 0) is 6.54 Å². The normalized spacial score (nSPS) is 27.8. The van der Waals surface area contributed by atoms with Gasteiger partial charge < -0.3 is 10.1 Å². The van der Waals surface area contributed by atoms with Gasteiger partial charge >= 0.3 is 0 Å². The van der Waals surface area contributed by atoms with Crippen LogP contribution in [0.4, 0.5) is 5.69 Å². The number of hydrogen-bond donors (Lipinski definition) is 1. The Morgan fingerprint density at radius 3 is 2.85 bits per heavy atom. The van der Waals surface area contributed by atoms with E-state index in [2.05, 4.69) is 5.32 Å². The zero-order chi connectivity index (χ0) is 14.1. The number of nitrogens with one attached hydrogen (secondary N) is 1. The van der Waals surface area contributed by atoms with Gasteiger partial charge in [-0.2, -0.15) is 0 Å². The first kappa shape index (κ1) is 13.4. The van der Waals surface area contributed by atoms with Crippen molar-refractivity contribution in [1.29, 1.82) is 0 Å². The molecule has 1 aromatic carbocycles. The highest BCUT2D eigenvalue weighted by Gasteiger charge is 2.39.